The van der Waals surface area contributed by atoms with Crippen molar-refractivity contribution in [2.45, 2.75) is 0 Å². The smallest absolute Gasteiger partial charge is 0.298 e. The molecule has 0 saturated carbocycles. The van der Waals surface area contributed by atoms with E-state index in [9.17, 15) is 23.1 Å². The average molecular weight is 385 g/mol. The van der Waals surface area contributed by atoms with Crippen LogP contribution in [0.3, 0.4) is 0 Å². The topological polar surface area (TPSA) is 164 Å². The number of likely N-dealkylation sites (N-methyl/N-ethyl adjacent to an activating group) is 1. The Hall–Kier alpha value is -3.03. The van der Waals surface area contributed by atoms with Gasteiger partial charge in [-0.3, -0.25) is 14.3 Å². The van der Waals surface area contributed by atoms with Crippen molar-refractivity contribution in [3.05, 3.63) is 48.0 Å². The molecule has 1 heterocycles. The first kappa shape index (κ1) is 21.0. The van der Waals surface area contributed by atoms with Crippen LogP contribution in [-0.4, -0.2) is 43.2 Å². The molecule has 0 radical (unpaired) electrons. The van der Waals surface area contributed by atoms with Gasteiger partial charge in [0.2, 0.25) is 10.4 Å². The number of azo groups is 1. The molecule has 2 aromatic rings. The highest BCUT2D eigenvalue weighted by Gasteiger charge is 2.16. The lowest BCUT2D eigenvalue weighted by Gasteiger charge is -2.19. The Morgan fingerprint density at radius 3 is 2.65 bits per heavy atom. The molecule has 0 spiro atoms. The minimum Gasteiger partial charge on any atom is -0.726 e. The van der Waals surface area contributed by atoms with Gasteiger partial charge in [0.15, 0.2) is 5.69 Å². The maximum absolute atomic E-state index is 11.2. The number of nitro benzene ring substituents is 1. The van der Waals surface area contributed by atoms with Gasteiger partial charge in [-0.25, -0.2) is 8.42 Å². The van der Waals surface area contributed by atoms with E-state index in [0.717, 1.165) is 0 Å². The van der Waals surface area contributed by atoms with Gasteiger partial charge in [0.05, 0.1) is 17.7 Å². The molecule has 0 atom stereocenters. The fourth-order valence-corrected chi connectivity index (χ4v) is 2.03. The van der Waals surface area contributed by atoms with Gasteiger partial charge in [0, 0.05) is 38.8 Å². The zero-order chi connectivity index (χ0) is 18.4. The normalized spacial score (nSPS) is 11.3. The number of rotatable bonds is 8. The molecule has 0 saturated heterocycles. The van der Waals surface area contributed by atoms with Gasteiger partial charge in [-0.1, -0.05) is 5.16 Å². The van der Waals surface area contributed by atoms with E-state index in [1.807, 2.05) is 0 Å². The van der Waals surface area contributed by atoms with Gasteiger partial charge >= 0.3 is 0 Å². The molecule has 0 fully saturated rings. The highest BCUT2D eigenvalue weighted by Crippen LogP contribution is 2.32. The van der Waals surface area contributed by atoms with Gasteiger partial charge in [0.1, 0.15) is 0 Å². The molecule has 12 nitrogen and oxygen atoms in total. The van der Waals surface area contributed by atoms with Gasteiger partial charge in [-0.15, -0.1) is 10.2 Å². The summed E-state index contributed by atoms with van der Waals surface area (Å²) in [4.78, 5) is 12.1. The SMILES string of the molecule is CN(CCOS(=O)(=O)[O-])c1ccc(N=Nc2ccno2)c([N+](=O)[O-])c1.[CH3+]. The maximum Gasteiger partial charge on any atom is 0.298 e. The number of aromatic nitrogens is 1. The third-order valence-corrected chi connectivity index (χ3v) is 3.39. The van der Waals surface area contributed by atoms with E-state index in [0.29, 0.717) is 5.69 Å². The number of benzene rings is 1. The molecule has 0 bridgehead atoms. The van der Waals surface area contributed by atoms with Crippen molar-refractivity contribution in [3.63, 3.8) is 0 Å². The van der Waals surface area contributed by atoms with Crippen LogP contribution in [0.5, 0.6) is 0 Å². The molecule has 26 heavy (non-hydrogen) atoms. The predicted molar refractivity (Wildman–Crippen MR) is 89.1 cm³/mol. The third kappa shape index (κ3) is 6.12. The van der Waals surface area contributed by atoms with E-state index in [2.05, 4.69) is 19.6 Å². The molecule has 1 aromatic heterocycles. The number of hydrogen-bond donors (Lipinski definition) is 0. The summed E-state index contributed by atoms with van der Waals surface area (Å²) in [5, 5.41) is 22.1. The predicted octanol–water partition coefficient (Wildman–Crippen LogP) is 2.36. The van der Waals surface area contributed by atoms with Crippen LogP contribution < -0.4 is 4.90 Å². The summed E-state index contributed by atoms with van der Waals surface area (Å²) in [5.74, 6) is 0.0893. The lowest BCUT2D eigenvalue weighted by Crippen LogP contribution is -2.23. The van der Waals surface area contributed by atoms with Gasteiger partial charge in [0.25, 0.3) is 11.6 Å². The molecule has 0 amide bonds. The van der Waals surface area contributed by atoms with Gasteiger partial charge in [-0.2, -0.15) is 0 Å². The van der Waals surface area contributed by atoms with E-state index in [1.165, 1.54) is 35.4 Å². The highest BCUT2D eigenvalue weighted by atomic mass is 32.3. The number of nitrogens with zero attached hydrogens (tertiary/aromatic N) is 5. The molecular weight excluding hydrogens is 370 g/mol. The minimum absolute atomic E-state index is 0. The molecule has 0 unspecified atom stereocenters. The van der Waals surface area contributed by atoms with E-state index in [4.69, 9.17) is 4.52 Å². The quantitative estimate of drug-likeness (QED) is 0.166. The molecule has 0 aliphatic heterocycles. The summed E-state index contributed by atoms with van der Waals surface area (Å²) in [5.41, 5.74) is 0.0825. The third-order valence-electron chi connectivity index (χ3n) is 2.93. The molecule has 1 aromatic carbocycles. The summed E-state index contributed by atoms with van der Waals surface area (Å²) in [7, 11) is -3.23. The average Bonchev–Trinajstić information content (AvgIpc) is 3.04. The molecule has 0 aliphatic carbocycles. The fraction of sp³-hybridized carbons (Fsp3) is 0.231. The van der Waals surface area contributed by atoms with Crippen LogP contribution in [0.4, 0.5) is 22.9 Å². The first-order valence-electron chi connectivity index (χ1n) is 6.68. The van der Waals surface area contributed by atoms with Crippen molar-refractivity contribution in [2.75, 3.05) is 25.1 Å². The summed E-state index contributed by atoms with van der Waals surface area (Å²) >= 11 is 0. The Labute approximate surface area is 149 Å². The Balaban J connectivity index is 0.00000338. The molecule has 2 rings (SSSR count). The number of anilines is 1. The lowest BCUT2D eigenvalue weighted by molar-refractivity contribution is -0.384. The van der Waals surface area contributed by atoms with Crippen LogP contribution >= 0.6 is 0 Å². The zero-order valence-electron chi connectivity index (χ0n) is 13.8. The van der Waals surface area contributed by atoms with E-state index < -0.39 is 15.3 Å². The van der Waals surface area contributed by atoms with Crippen molar-refractivity contribution in [1.82, 2.24) is 5.16 Å². The second kappa shape index (κ2) is 8.89. The first-order valence-corrected chi connectivity index (χ1v) is 8.02. The summed E-state index contributed by atoms with van der Waals surface area (Å²) in [6.45, 7) is -0.360. The molecule has 13 heteroatoms. The minimum atomic E-state index is -4.79. The van der Waals surface area contributed by atoms with Crippen molar-refractivity contribution >= 4 is 33.3 Å². The molecule has 140 valence electrons. The van der Waals surface area contributed by atoms with Crippen molar-refractivity contribution < 1.29 is 26.6 Å². The summed E-state index contributed by atoms with van der Waals surface area (Å²) in [6.07, 6.45) is 1.35. The lowest BCUT2D eigenvalue weighted by atomic mass is 10.2. The highest BCUT2D eigenvalue weighted by molar-refractivity contribution is 7.80. The van der Waals surface area contributed by atoms with Crippen LogP contribution in [0.15, 0.2) is 45.2 Å². The standard InChI is InChI=1S/C12H13N5O7S.CH3/c1-16(6-7-23-25(20,21)22)9-2-3-10(11(8-9)17(18)19)14-15-12-4-5-13-24-12;/h2-5,8H,6-7H2,1H3,(H,20,21,22);1H3/q;+1/p-1. The van der Waals surface area contributed by atoms with Gasteiger partial charge in [-0.05, 0) is 12.1 Å². The van der Waals surface area contributed by atoms with Gasteiger partial charge < -0.3 is 14.0 Å². The largest absolute Gasteiger partial charge is 0.726 e. The van der Waals surface area contributed by atoms with Crippen LogP contribution in [0.25, 0.3) is 0 Å². The van der Waals surface area contributed by atoms with E-state index in [1.54, 1.807) is 7.05 Å². The summed E-state index contributed by atoms with van der Waals surface area (Å²) in [6, 6.07) is 5.56. The number of nitro groups is 1. The van der Waals surface area contributed by atoms with Crippen LogP contribution in [0.1, 0.15) is 0 Å². The number of hydrogen-bond acceptors (Lipinski definition) is 11. The maximum atomic E-state index is 11.2. The van der Waals surface area contributed by atoms with Crippen LogP contribution in [-0.2, 0) is 14.6 Å². The van der Waals surface area contributed by atoms with E-state index in [-0.39, 0.29) is 37.8 Å². The monoisotopic (exact) mass is 385 g/mol. The second-order valence-corrected chi connectivity index (χ2v) is 5.68. The molecule has 0 aliphatic rings. The van der Waals surface area contributed by atoms with Crippen molar-refractivity contribution in [3.8, 4) is 0 Å². The van der Waals surface area contributed by atoms with Crippen molar-refractivity contribution in [1.29, 1.82) is 0 Å². The zero-order valence-corrected chi connectivity index (χ0v) is 14.6. The molecule has 0 N–H and O–H groups in total. The van der Waals surface area contributed by atoms with Crippen LogP contribution in [0.2, 0.25) is 0 Å². The Morgan fingerprint density at radius 1 is 1.35 bits per heavy atom. The fourth-order valence-electron chi connectivity index (χ4n) is 1.75. The Bertz CT molecular complexity index is 867. The molecular formula is C13H15N5O7S. The van der Waals surface area contributed by atoms with Crippen LogP contribution in [0, 0.1) is 17.5 Å². The second-order valence-electron chi connectivity index (χ2n) is 4.63. The van der Waals surface area contributed by atoms with E-state index >= 15 is 0 Å². The van der Waals surface area contributed by atoms with Crippen molar-refractivity contribution in [2.24, 2.45) is 10.2 Å². The first-order chi connectivity index (χ1) is 11.8. The summed E-state index contributed by atoms with van der Waals surface area (Å²) < 4.78 is 40.0. The Kier molecular flexibility index (Phi) is 7.18. The Morgan fingerprint density at radius 2 is 2.08 bits per heavy atom.